The minimum absolute atomic E-state index is 0.0671. The monoisotopic (exact) mass is 190 g/mol. The average Bonchev–Trinajstić information content (AvgIpc) is 2.15. The predicted octanol–water partition coefficient (Wildman–Crippen LogP) is -5.32. The van der Waals surface area contributed by atoms with Crippen molar-refractivity contribution in [3.63, 3.8) is 0 Å². The summed E-state index contributed by atoms with van der Waals surface area (Å²) in [4.78, 5) is 15.2. The number of pyridine rings is 1. The maximum Gasteiger partial charge on any atom is 0.277 e. The summed E-state index contributed by atoms with van der Waals surface area (Å²) >= 11 is 0. The van der Waals surface area contributed by atoms with Crippen LogP contribution in [0.2, 0.25) is 0 Å². The van der Waals surface area contributed by atoms with Crippen LogP contribution in [0.1, 0.15) is 10.4 Å². The van der Waals surface area contributed by atoms with Crippen molar-refractivity contribution in [2.24, 2.45) is 0 Å². The first-order valence-electron chi connectivity index (χ1n) is 4.10. The van der Waals surface area contributed by atoms with Crippen molar-refractivity contribution in [1.29, 1.82) is 0 Å². The molecule has 0 aliphatic rings. The Morgan fingerprint density at radius 2 is 1.86 bits per heavy atom. The van der Waals surface area contributed by atoms with Crippen LogP contribution in [0, 0.1) is 0 Å². The number of aromatic hydroxyl groups is 1. The van der Waals surface area contributed by atoms with E-state index >= 15 is 0 Å². The van der Waals surface area contributed by atoms with Gasteiger partial charge in [-0.2, -0.15) is 0 Å². The van der Waals surface area contributed by atoms with Gasteiger partial charge in [0.25, 0.3) is 5.91 Å². The highest BCUT2D eigenvalue weighted by Crippen LogP contribution is 2.07. The first-order valence-corrected chi connectivity index (χ1v) is 4.10. The van der Waals surface area contributed by atoms with Crippen molar-refractivity contribution >= 4 is 46.1 Å². The fourth-order valence-corrected chi connectivity index (χ4v) is 1.26. The zero-order chi connectivity index (χ0) is 10.9. The molecule has 0 saturated heterocycles. The van der Waals surface area contributed by atoms with Gasteiger partial charge in [0.05, 0.1) is 5.56 Å². The highest BCUT2D eigenvalue weighted by atomic mass is 16.5. The number of nitrogens with zero attached hydrogens (tertiary/aromatic N) is 1. The maximum absolute atomic E-state index is 11.2. The van der Waals surface area contributed by atoms with Gasteiger partial charge in [-0.05, 0) is 5.59 Å². The van der Waals surface area contributed by atoms with Gasteiger partial charge in [0.1, 0.15) is 13.6 Å². The van der Waals surface area contributed by atoms with Crippen LogP contribution >= 0.6 is 0 Å². The molecule has 0 aliphatic carbocycles. The lowest BCUT2D eigenvalue weighted by atomic mass is 9.79. The van der Waals surface area contributed by atoms with E-state index in [1.165, 1.54) is 5.48 Å². The number of rotatable bonds is 1. The number of carbonyl (C=O) groups is 1. The molecular weight excluding hydrogens is 181 g/mol. The Balaban J connectivity index is 3.47. The number of amides is 1. The number of hydroxylamine groups is 1. The third kappa shape index (κ3) is 1.61. The maximum atomic E-state index is 11.2. The van der Waals surface area contributed by atoms with Crippen LogP contribution in [-0.4, -0.2) is 44.7 Å². The standard InChI is InChI=1S/C6H9B3N2O3/c7-2-1(6(13)11-14)3(12)5(9)10-4(2)8/h12,14H,7-9H2,(H,11,13). The zero-order valence-electron chi connectivity index (χ0n) is 8.25. The van der Waals surface area contributed by atoms with Gasteiger partial charge in [0.2, 0.25) is 0 Å². The van der Waals surface area contributed by atoms with Crippen LogP contribution in [0.25, 0.3) is 0 Å². The quantitative estimate of drug-likeness (QED) is 0.234. The van der Waals surface area contributed by atoms with Gasteiger partial charge in [0, 0.05) is 5.59 Å². The molecular formula is C6H9B3N2O3. The Kier molecular flexibility index (Phi) is 2.86. The normalized spacial score (nSPS) is 9.79. The van der Waals surface area contributed by atoms with Gasteiger partial charge in [-0.1, -0.05) is 5.46 Å². The molecule has 0 unspecified atom stereocenters. The van der Waals surface area contributed by atoms with Crippen molar-refractivity contribution in [2.75, 3.05) is 0 Å². The summed E-state index contributed by atoms with van der Waals surface area (Å²) in [5.41, 5.74) is 3.13. The molecule has 0 spiro atoms. The smallest absolute Gasteiger partial charge is 0.277 e. The molecule has 8 heteroatoms. The van der Waals surface area contributed by atoms with Crippen molar-refractivity contribution in [2.45, 2.75) is 0 Å². The third-order valence-electron chi connectivity index (χ3n) is 2.16. The Morgan fingerprint density at radius 3 is 2.36 bits per heavy atom. The molecule has 0 aromatic carbocycles. The predicted molar refractivity (Wildman–Crippen MR) is 59.7 cm³/mol. The van der Waals surface area contributed by atoms with Gasteiger partial charge < -0.3 is 5.11 Å². The van der Waals surface area contributed by atoms with E-state index in [9.17, 15) is 9.90 Å². The van der Waals surface area contributed by atoms with E-state index in [-0.39, 0.29) is 11.3 Å². The second-order valence-electron chi connectivity index (χ2n) is 3.07. The summed E-state index contributed by atoms with van der Waals surface area (Å²) in [5, 5.41) is 18.1. The summed E-state index contributed by atoms with van der Waals surface area (Å²) in [6.45, 7) is 0. The summed E-state index contributed by atoms with van der Waals surface area (Å²) < 4.78 is 0. The van der Waals surface area contributed by atoms with Gasteiger partial charge in [-0.15, -0.1) is 0 Å². The van der Waals surface area contributed by atoms with E-state index in [1.807, 2.05) is 0 Å². The van der Waals surface area contributed by atoms with Gasteiger partial charge in [-0.3, -0.25) is 15.0 Å². The molecule has 1 amide bonds. The minimum Gasteiger partial charge on any atom is -0.506 e. The Hall–Kier alpha value is -1.43. The molecule has 1 aromatic rings. The number of carbonyl (C=O) groups excluding carboxylic acids is 1. The second kappa shape index (κ2) is 3.75. The van der Waals surface area contributed by atoms with Crippen LogP contribution in [0.4, 0.5) is 0 Å². The van der Waals surface area contributed by atoms with Crippen molar-refractivity contribution in [3.8, 4) is 5.75 Å². The van der Waals surface area contributed by atoms with Crippen LogP contribution in [0.5, 0.6) is 5.75 Å². The lowest BCUT2D eigenvalue weighted by Crippen LogP contribution is -2.41. The number of hydrogen-bond donors (Lipinski definition) is 3. The van der Waals surface area contributed by atoms with E-state index in [2.05, 4.69) is 4.98 Å². The lowest BCUT2D eigenvalue weighted by molar-refractivity contribution is 0.0705. The summed E-state index contributed by atoms with van der Waals surface area (Å²) in [6, 6.07) is 0. The molecule has 3 N–H and O–H groups in total. The molecule has 0 fully saturated rings. The molecule has 0 bridgehead atoms. The SMILES string of the molecule is Bc1nc(B)c(O)c(C(=O)NO)c1B. The molecule has 1 rings (SSSR count). The van der Waals surface area contributed by atoms with E-state index in [0.29, 0.717) is 16.6 Å². The van der Waals surface area contributed by atoms with E-state index < -0.39 is 5.91 Å². The summed E-state index contributed by atoms with van der Waals surface area (Å²) in [7, 11) is 4.98. The number of hydrogen-bond acceptors (Lipinski definition) is 4. The van der Waals surface area contributed by atoms with Crippen LogP contribution in [0.15, 0.2) is 0 Å². The van der Waals surface area contributed by atoms with E-state index in [1.54, 1.807) is 23.5 Å². The lowest BCUT2D eigenvalue weighted by Gasteiger charge is -2.11. The molecule has 0 aliphatic heterocycles. The average molecular weight is 190 g/mol. The fraction of sp³-hybridized carbons (Fsp3) is 0. The van der Waals surface area contributed by atoms with E-state index in [0.717, 1.165) is 0 Å². The number of aromatic nitrogens is 1. The largest absolute Gasteiger partial charge is 0.506 e. The third-order valence-corrected chi connectivity index (χ3v) is 2.16. The zero-order valence-corrected chi connectivity index (χ0v) is 8.25. The molecule has 0 atom stereocenters. The second-order valence-corrected chi connectivity index (χ2v) is 3.07. The van der Waals surface area contributed by atoms with Crippen molar-refractivity contribution in [1.82, 2.24) is 10.5 Å². The molecule has 1 aromatic heterocycles. The summed E-state index contributed by atoms with van der Waals surface area (Å²) in [6.07, 6.45) is 0. The Morgan fingerprint density at radius 1 is 1.29 bits per heavy atom. The minimum atomic E-state index is -0.728. The molecule has 5 nitrogen and oxygen atoms in total. The van der Waals surface area contributed by atoms with Crippen LogP contribution < -0.4 is 22.1 Å². The Labute approximate surface area is 83.7 Å². The first-order chi connectivity index (χ1) is 6.49. The van der Waals surface area contributed by atoms with Crippen molar-refractivity contribution in [3.05, 3.63) is 5.56 Å². The molecule has 0 saturated carbocycles. The molecule has 1 heterocycles. The molecule has 0 radical (unpaired) electrons. The van der Waals surface area contributed by atoms with Crippen LogP contribution in [-0.2, 0) is 0 Å². The first kappa shape index (κ1) is 10.7. The van der Waals surface area contributed by atoms with Crippen molar-refractivity contribution < 1.29 is 15.1 Å². The molecule has 70 valence electrons. The topological polar surface area (TPSA) is 82.5 Å². The van der Waals surface area contributed by atoms with Gasteiger partial charge in [0.15, 0.2) is 15.7 Å². The fourth-order valence-electron chi connectivity index (χ4n) is 1.26. The highest BCUT2D eigenvalue weighted by molar-refractivity contribution is 6.51. The number of nitrogens with one attached hydrogen (secondary N) is 1. The van der Waals surface area contributed by atoms with Crippen LogP contribution in [0.3, 0.4) is 0 Å². The molecule has 14 heavy (non-hydrogen) atoms. The summed E-state index contributed by atoms with van der Waals surface area (Å²) in [5.74, 6) is -0.923. The highest BCUT2D eigenvalue weighted by Gasteiger charge is 2.17. The Bertz CT molecular complexity index is 370. The van der Waals surface area contributed by atoms with E-state index in [4.69, 9.17) is 5.21 Å². The van der Waals surface area contributed by atoms with Gasteiger partial charge in [-0.25, -0.2) is 5.48 Å². The van der Waals surface area contributed by atoms with Gasteiger partial charge >= 0.3 is 0 Å².